The van der Waals surface area contributed by atoms with Crippen molar-refractivity contribution in [3.05, 3.63) is 59.7 Å². The number of hydrogen-bond donors (Lipinski definition) is 1. The molecule has 0 aliphatic rings. The van der Waals surface area contributed by atoms with Crippen LogP contribution in [0.15, 0.2) is 58.5 Å². The summed E-state index contributed by atoms with van der Waals surface area (Å²) in [6.07, 6.45) is 1.14. The molecule has 0 aliphatic heterocycles. The quantitative estimate of drug-likeness (QED) is 0.616. The summed E-state index contributed by atoms with van der Waals surface area (Å²) in [5.74, 6) is 0.0256. The maximum absolute atomic E-state index is 11.8. The Hall–Kier alpha value is -3.18. The number of carbonyl (C=O) groups excluding carboxylic acids is 1. The highest BCUT2D eigenvalue weighted by Crippen LogP contribution is 2.12. The summed E-state index contributed by atoms with van der Waals surface area (Å²) in [5, 5.41) is 12.7. The summed E-state index contributed by atoms with van der Waals surface area (Å²) in [7, 11) is -3.25. The topological polar surface area (TPSA) is 109 Å². The number of nitriles is 1. The van der Waals surface area contributed by atoms with Gasteiger partial charge in [-0.1, -0.05) is 12.1 Å². The van der Waals surface area contributed by atoms with E-state index in [2.05, 4.69) is 10.5 Å². The SMILES string of the molecule is C/C(=N/NC(=O)COc1ccc(C#N)cc1)c1ccc(S(C)(=O)=O)cc1. The number of benzene rings is 2. The van der Waals surface area contributed by atoms with Gasteiger partial charge in [-0.3, -0.25) is 4.79 Å². The Balaban J connectivity index is 1.91. The summed E-state index contributed by atoms with van der Waals surface area (Å²) in [4.78, 5) is 12.0. The van der Waals surface area contributed by atoms with Crippen molar-refractivity contribution in [2.24, 2.45) is 5.10 Å². The lowest BCUT2D eigenvalue weighted by Crippen LogP contribution is -2.25. The Morgan fingerprint density at radius 3 is 2.31 bits per heavy atom. The van der Waals surface area contributed by atoms with Crippen molar-refractivity contribution in [1.29, 1.82) is 5.26 Å². The van der Waals surface area contributed by atoms with Gasteiger partial charge in [-0.2, -0.15) is 10.4 Å². The molecule has 26 heavy (non-hydrogen) atoms. The van der Waals surface area contributed by atoms with Crippen molar-refractivity contribution in [2.75, 3.05) is 12.9 Å². The van der Waals surface area contributed by atoms with Crippen LogP contribution in [-0.4, -0.2) is 32.9 Å². The van der Waals surface area contributed by atoms with Gasteiger partial charge in [0.15, 0.2) is 16.4 Å². The van der Waals surface area contributed by atoms with E-state index in [1.807, 2.05) is 6.07 Å². The maximum atomic E-state index is 11.8. The molecule has 0 saturated heterocycles. The number of hydrazone groups is 1. The molecule has 2 aromatic rings. The highest BCUT2D eigenvalue weighted by Gasteiger charge is 2.07. The van der Waals surface area contributed by atoms with Gasteiger partial charge in [0.25, 0.3) is 5.91 Å². The van der Waals surface area contributed by atoms with E-state index in [1.165, 1.54) is 12.1 Å². The van der Waals surface area contributed by atoms with Gasteiger partial charge in [0.1, 0.15) is 5.75 Å². The fraction of sp³-hybridized carbons (Fsp3) is 0.167. The molecule has 0 aromatic heterocycles. The molecule has 0 radical (unpaired) electrons. The normalized spacial score (nSPS) is 11.5. The molecule has 2 aromatic carbocycles. The lowest BCUT2D eigenvalue weighted by Gasteiger charge is -2.06. The van der Waals surface area contributed by atoms with Gasteiger partial charge in [-0.05, 0) is 48.9 Å². The Morgan fingerprint density at radius 2 is 1.77 bits per heavy atom. The van der Waals surface area contributed by atoms with Crippen LogP contribution in [0.3, 0.4) is 0 Å². The lowest BCUT2D eigenvalue weighted by atomic mass is 10.1. The van der Waals surface area contributed by atoms with Gasteiger partial charge < -0.3 is 4.74 Å². The molecule has 8 heteroatoms. The number of amides is 1. The number of carbonyl (C=O) groups is 1. The highest BCUT2D eigenvalue weighted by atomic mass is 32.2. The summed E-state index contributed by atoms with van der Waals surface area (Å²) < 4.78 is 28.2. The van der Waals surface area contributed by atoms with Crippen molar-refractivity contribution >= 4 is 21.5 Å². The highest BCUT2D eigenvalue weighted by molar-refractivity contribution is 7.90. The number of hydrogen-bond acceptors (Lipinski definition) is 6. The third kappa shape index (κ3) is 5.43. The first-order chi connectivity index (χ1) is 12.3. The minimum absolute atomic E-state index is 0.217. The molecule has 1 amide bonds. The Labute approximate surface area is 151 Å². The van der Waals surface area contributed by atoms with E-state index in [0.717, 1.165) is 6.26 Å². The lowest BCUT2D eigenvalue weighted by molar-refractivity contribution is -0.123. The molecule has 134 valence electrons. The standard InChI is InChI=1S/C18H17N3O4S/c1-13(15-5-9-17(10-6-15)26(2,23)24)20-21-18(22)12-25-16-7-3-14(11-19)4-8-16/h3-10H,12H2,1-2H3,(H,21,22)/b20-13-. The van der Waals surface area contributed by atoms with Crippen molar-refractivity contribution < 1.29 is 17.9 Å². The average molecular weight is 371 g/mol. The van der Waals surface area contributed by atoms with Crippen LogP contribution < -0.4 is 10.2 Å². The number of rotatable bonds is 6. The van der Waals surface area contributed by atoms with Gasteiger partial charge >= 0.3 is 0 Å². The van der Waals surface area contributed by atoms with Crippen molar-refractivity contribution in [3.8, 4) is 11.8 Å². The molecular weight excluding hydrogens is 354 g/mol. The zero-order valence-electron chi connectivity index (χ0n) is 14.3. The zero-order valence-corrected chi connectivity index (χ0v) is 15.1. The monoisotopic (exact) mass is 371 g/mol. The summed E-state index contributed by atoms with van der Waals surface area (Å²) in [6.45, 7) is 1.47. The van der Waals surface area contributed by atoms with E-state index in [9.17, 15) is 13.2 Å². The van der Waals surface area contributed by atoms with Crippen molar-refractivity contribution in [2.45, 2.75) is 11.8 Å². The smallest absolute Gasteiger partial charge is 0.277 e. The van der Waals surface area contributed by atoms with Crippen LogP contribution >= 0.6 is 0 Å². The van der Waals surface area contributed by atoms with E-state index < -0.39 is 15.7 Å². The predicted molar refractivity (Wildman–Crippen MR) is 96.6 cm³/mol. The van der Waals surface area contributed by atoms with Crippen molar-refractivity contribution in [3.63, 3.8) is 0 Å². The molecule has 0 heterocycles. The zero-order chi connectivity index (χ0) is 19.2. The van der Waals surface area contributed by atoms with Crippen LogP contribution in [0.2, 0.25) is 0 Å². The Morgan fingerprint density at radius 1 is 1.15 bits per heavy atom. The van der Waals surface area contributed by atoms with Crippen LogP contribution in [0.4, 0.5) is 0 Å². The molecule has 7 nitrogen and oxygen atoms in total. The van der Waals surface area contributed by atoms with Gasteiger partial charge in [0, 0.05) is 6.26 Å². The third-order valence-electron chi connectivity index (χ3n) is 3.40. The minimum atomic E-state index is -3.25. The third-order valence-corrected chi connectivity index (χ3v) is 4.53. The first-order valence-corrected chi connectivity index (χ1v) is 9.45. The summed E-state index contributed by atoms with van der Waals surface area (Å²) >= 11 is 0. The van der Waals surface area contributed by atoms with Crippen LogP contribution in [-0.2, 0) is 14.6 Å². The number of nitrogens with zero attached hydrogens (tertiary/aromatic N) is 2. The minimum Gasteiger partial charge on any atom is -0.484 e. The second-order valence-corrected chi connectivity index (χ2v) is 7.47. The largest absolute Gasteiger partial charge is 0.484 e. The summed E-state index contributed by atoms with van der Waals surface area (Å²) in [5.41, 5.74) is 4.09. The van der Waals surface area contributed by atoms with Gasteiger partial charge in [-0.15, -0.1) is 0 Å². The van der Waals surface area contributed by atoms with Crippen LogP contribution in [0.25, 0.3) is 0 Å². The second-order valence-electron chi connectivity index (χ2n) is 5.45. The molecule has 2 rings (SSSR count). The number of nitrogens with one attached hydrogen (secondary N) is 1. The Kier molecular flexibility index (Phi) is 6.09. The molecule has 0 saturated carbocycles. The molecule has 0 unspecified atom stereocenters. The molecule has 0 fully saturated rings. The molecular formula is C18H17N3O4S. The Bertz CT molecular complexity index is 957. The van der Waals surface area contributed by atoms with Crippen LogP contribution in [0.1, 0.15) is 18.1 Å². The van der Waals surface area contributed by atoms with E-state index in [4.69, 9.17) is 10.00 Å². The van der Waals surface area contributed by atoms with E-state index in [1.54, 1.807) is 43.3 Å². The predicted octanol–water partition coefficient (Wildman–Crippen LogP) is 1.88. The maximum Gasteiger partial charge on any atom is 0.277 e. The molecule has 0 spiro atoms. The first-order valence-electron chi connectivity index (χ1n) is 7.56. The van der Waals surface area contributed by atoms with Crippen LogP contribution in [0, 0.1) is 11.3 Å². The van der Waals surface area contributed by atoms with E-state index in [-0.39, 0.29) is 11.5 Å². The molecule has 1 N–H and O–H groups in total. The van der Waals surface area contributed by atoms with Crippen molar-refractivity contribution in [1.82, 2.24) is 5.43 Å². The first kappa shape index (κ1) is 19.1. The number of sulfone groups is 1. The van der Waals surface area contributed by atoms with Gasteiger partial charge in [-0.25, -0.2) is 13.8 Å². The van der Waals surface area contributed by atoms with Gasteiger partial charge in [0.2, 0.25) is 0 Å². The second kappa shape index (κ2) is 8.27. The van der Waals surface area contributed by atoms with Gasteiger partial charge in [0.05, 0.1) is 22.2 Å². The average Bonchev–Trinajstić information content (AvgIpc) is 2.64. The van der Waals surface area contributed by atoms with Crippen LogP contribution in [0.5, 0.6) is 5.75 Å². The summed E-state index contributed by atoms with van der Waals surface area (Å²) in [6, 6.07) is 14.6. The molecule has 0 bridgehead atoms. The van der Waals surface area contributed by atoms with E-state index in [0.29, 0.717) is 22.6 Å². The fourth-order valence-corrected chi connectivity index (χ4v) is 2.59. The number of ether oxygens (including phenoxy) is 1. The van der Waals surface area contributed by atoms with E-state index >= 15 is 0 Å². The fourth-order valence-electron chi connectivity index (χ4n) is 1.96. The molecule has 0 aliphatic carbocycles. The molecule has 0 atom stereocenters.